The normalized spacial score (nSPS) is 15.2. The van der Waals surface area contributed by atoms with Crippen LogP contribution in [0.2, 0.25) is 0 Å². The van der Waals surface area contributed by atoms with E-state index in [1.54, 1.807) is 6.07 Å². The summed E-state index contributed by atoms with van der Waals surface area (Å²) in [7, 11) is 0. The predicted octanol–water partition coefficient (Wildman–Crippen LogP) is 2.79. The van der Waals surface area contributed by atoms with Crippen molar-refractivity contribution in [1.82, 2.24) is 0 Å². The van der Waals surface area contributed by atoms with Crippen molar-refractivity contribution in [3.8, 4) is 0 Å². The van der Waals surface area contributed by atoms with Gasteiger partial charge < -0.3 is 0 Å². The van der Waals surface area contributed by atoms with Gasteiger partial charge in [0.25, 0.3) is 0 Å². The molecule has 1 heteroatoms. The molecule has 0 bridgehead atoms. The van der Waals surface area contributed by atoms with Crippen LogP contribution in [0, 0.1) is 5.82 Å². The quantitative estimate of drug-likeness (QED) is 0.530. The van der Waals surface area contributed by atoms with Crippen LogP contribution in [0.25, 0.3) is 5.57 Å². The number of allylic oxidation sites excluding steroid dienone is 1. The van der Waals surface area contributed by atoms with Gasteiger partial charge in [-0.2, -0.15) is 0 Å². The summed E-state index contributed by atoms with van der Waals surface area (Å²) in [5.74, 6) is -0.140. The Kier molecular flexibility index (Phi) is 1.31. The predicted molar refractivity (Wildman–Crippen MR) is 43.8 cm³/mol. The summed E-state index contributed by atoms with van der Waals surface area (Å²) in [6.45, 7) is 3.90. The maximum Gasteiger partial charge on any atom is 0.123 e. The van der Waals surface area contributed by atoms with E-state index in [0.29, 0.717) is 0 Å². The van der Waals surface area contributed by atoms with Crippen LogP contribution in [-0.4, -0.2) is 0 Å². The van der Waals surface area contributed by atoms with E-state index in [2.05, 4.69) is 6.58 Å². The van der Waals surface area contributed by atoms with Crippen molar-refractivity contribution in [3.63, 3.8) is 0 Å². The summed E-state index contributed by atoms with van der Waals surface area (Å²) >= 11 is 0. The Labute approximate surface area is 65.4 Å². The molecule has 0 saturated carbocycles. The van der Waals surface area contributed by atoms with Crippen LogP contribution >= 0.6 is 0 Å². The molecular weight excluding hydrogens is 139 g/mol. The van der Waals surface area contributed by atoms with Crippen molar-refractivity contribution in [2.45, 2.75) is 12.8 Å². The lowest BCUT2D eigenvalue weighted by Crippen LogP contribution is -1.82. The highest BCUT2D eigenvalue weighted by Crippen LogP contribution is 2.30. The topological polar surface area (TPSA) is 0 Å². The third kappa shape index (κ3) is 0.967. The maximum absolute atomic E-state index is 12.7. The number of halogens is 1. The average molecular weight is 148 g/mol. The first-order chi connectivity index (χ1) is 5.27. The zero-order valence-electron chi connectivity index (χ0n) is 6.23. The van der Waals surface area contributed by atoms with E-state index < -0.39 is 0 Å². The number of hydrogen-bond acceptors (Lipinski definition) is 0. The Hall–Kier alpha value is -1.11. The van der Waals surface area contributed by atoms with Crippen molar-refractivity contribution in [1.29, 1.82) is 0 Å². The smallest absolute Gasteiger partial charge is 0.123 e. The molecule has 0 spiro atoms. The molecule has 0 unspecified atom stereocenters. The molecule has 0 nitrogen and oxygen atoms in total. The highest BCUT2D eigenvalue weighted by Gasteiger charge is 2.13. The van der Waals surface area contributed by atoms with E-state index in [4.69, 9.17) is 0 Å². The maximum atomic E-state index is 12.7. The van der Waals surface area contributed by atoms with E-state index in [0.717, 1.165) is 29.5 Å². The summed E-state index contributed by atoms with van der Waals surface area (Å²) in [6.07, 6.45) is 1.94. The van der Waals surface area contributed by atoms with Gasteiger partial charge in [0.2, 0.25) is 0 Å². The zero-order chi connectivity index (χ0) is 7.84. The van der Waals surface area contributed by atoms with Gasteiger partial charge in [-0.25, -0.2) is 4.39 Å². The van der Waals surface area contributed by atoms with E-state index in [9.17, 15) is 4.39 Å². The molecule has 0 N–H and O–H groups in total. The molecule has 1 aromatic rings. The Morgan fingerprint density at radius 1 is 1.27 bits per heavy atom. The molecule has 11 heavy (non-hydrogen) atoms. The van der Waals surface area contributed by atoms with E-state index in [-0.39, 0.29) is 5.82 Å². The van der Waals surface area contributed by atoms with Crippen molar-refractivity contribution in [2.24, 2.45) is 0 Å². The number of aryl methyl sites for hydroxylation is 1. The Balaban J connectivity index is 2.59. The van der Waals surface area contributed by atoms with Gasteiger partial charge in [-0.3, -0.25) is 0 Å². The molecule has 0 aliphatic heterocycles. The zero-order valence-corrected chi connectivity index (χ0v) is 6.23. The minimum absolute atomic E-state index is 0.140. The fourth-order valence-electron chi connectivity index (χ4n) is 1.53. The molecule has 0 saturated heterocycles. The molecule has 0 heterocycles. The Bertz CT molecular complexity index is 313. The first kappa shape index (κ1) is 6.59. The summed E-state index contributed by atoms with van der Waals surface area (Å²) < 4.78 is 12.7. The van der Waals surface area contributed by atoms with Gasteiger partial charge in [-0.05, 0) is 41.7 Å². The standard InChI is InChI=1S/C10H9F/c1-7-2-3-8-6-9(11)4-5-10(7)8/h4-6H,1-3H2. The van der Waals surface area contributed by atoms with Gasteiger partial charge in [0.1, 0.15) is 5.82 Å². The summed E-state index contributed by atoms with van der Waals surface area (Å²) in [5.41, 5.74) is 3.39. The van der Waals surface area contributed by atoms with Crippen LogP contribution in [0.5, 0.6) is 0 Å². The number of rotatable bonds is 0. The average Bonchev–Trinajstić information content (AvgIpc) is 2.32. The Morgan fingerprint density at radius 3 is 2.91 bits per heavy atom. The number of benzene rings is 1. The molecule has 56 valence electrons. The van der Waals surface area contributed by atoms with Crippen LogP contribution in [0.1, 0.15) is 17.5 Å². The number of fused-ring (bicyclic) bond motifs is 1. The fourth-order valence-corrected chi connectivity index (χ4v) is 1.53. The molecule has 1 aliphatic carbocycles. The highest BCUT2D eigenvalue weighted by atomic mass is 19.1. The molecule has 0 radical (unpaired) electrons. The van der Waals surface area contributed by atoms with Gasteiger partial charge in [-0.15, -0.1) is 0 Å². The van der Waals surface area contributed by atoms with Crippen molar-refractivity contribution < 1.29 is 4.39 Å². The van der Waals surface area contributed by atoms with E-state index >= 15 is 0 Å². The molecule has 0 fully saturated rings. The second kappa shape index (κ2) is 2.19. The second-order valence-corrected chi connectivity index (χ2v) is 2.91. The minimum atomic E-state index is -0.140. The summed E-state index contributed by atoms with van der Waals surface area (Å²) in [6, 6.07) is 4.92. The molecular formula is C10H9F. The lowest BCUT2D eigenvalue weighted by molar-refractivity contribution is 0.626. The summed E-state index contributed by atoms with van der Waals surface area (Å²) in [5, 5.41) is 0. The van der Waals surface area contributed by atoms with Crippen LogP contribution in [0.3, 0.4) is 0 Å². The highest BCUT2D eigenvalue weighted by molar-refractivity contribution is 5.70. The van der Waals surface area contributed by atoms with Crippen molar-refractivity contribution in [3.05, 3.63) is 41.7 Å². The Morgan fingerprint density at radius 2 is 2.09 bits per heavy atom. The fraction of sp³-hybridized carbons (Fsp3) is 0.200. The van der Waals surface area contributed by atoms with Crippen LogP contribution < -0.4 is 0 Å². The van der Waals surface area contributed by atoms with Crippen LogP contribution in [0.15, 0.2) is 24.8 Å². The summed E-state index contributed by atoms with van der Waals surface area (Å²) in [4.78, 5) is 0. The van der Waals surface area contributed by atoms with E-state index in [1.807, 2.05) is 6.07 Å². The molecule has 0 amide bonds. The van der Waals surface area contributed by atoms with Gasteiger partial charge >= 0.3 is 0 Å². The van der Waals surface area contributed by atoms with Gasteiger partial charge in [0.05, 0.1) is 0 Å². The monoisotopic (exact) mass is 148 g/mol. The molecule has 1 aromatic carbocycles. The number of hydrogen-bond donors (Lipinski definition) is 0. The lowest BCUT2D eigenvalue weighted by atomic mass is 10.1. The lowest BCUT2D eigenvalue weighted by Gasteiger charge is -1.97. The molecule has 2 rings (SSSR count). The molecule has 0 aromatic heterocycles. The van der Waals surface area contributed by atoms with Gasteiger partial charge in [0, 0.05) is 0 Å². The van der Waals surface area contributed by atoms with Crippen LogP contribution in [-0.2, 0) is 6.42 Å². The van der Waals surface area contributed by atoms with Gasteiger partial charge in [-0.1, -0.05) is 12.6 Å². The van der Waals surface area contributed by atoms with Crippen molar-refractivity contribution in [2.75, 3.05) is 0 Å². The van der Waals surface area contributed by atoms with Gasteiger partial charge in [0.15, 0.2) is 0 Å². The largest absolute Gasteiger partial charge is 0.207 e. The first-order valence-corrected chi connectivity index (χ1v) is 3.74. The third-order valence-electron chi connectivity index (χ3n) is 2.14. The molecule has 0 atom stereocenters. The third-order valence-corrected chi connectivity index (χ3v) is 2.14. The second-order valence-electron chi connectivity index (χ2n) is 2.91. The SMILES string of the molecule is C=C1CCc2cc(F)ccc21. The molecule has 1 aliphatic rings. The van der Waals surface area contributed by atoms with E-state index in [1.165, 1.54) is 6.07 Å². The van der Waals surface area contributed by atoms with Crippen LogP contribution in [0.4, 0.5) is 4.39 Å². The van der Waals surface area contributed by atoms with Crippen molar-refractivity contribution >= 4 is 5.57 Å². The minimum Gasteiger partial charge on any atom is -0.207 e. The first-order valence-electron chi connectivity index (χ1n) is 3.74.